The van der Waals surface area contributed by atoms with Gasteiger partial charge in [-0.15, -0.1) is 0 Å². The Labute approximate surface area is 209 Å². The number of hydrogen-bond acceptors (Lipinski definition) is 4. The van der Waals surface area contributed by atoms with E-state index >= 15 is 0 Å². The number of carbonyl (C=O) groups excluding carboxylic acids is 1. The van der Waals surface area contributed by atoms with Gasteiger partial charge in [-0.25, -0.2) is 12.8 Å². The normalized spacial score (nSPS) is 11.2. The summed E-state index contributed by atoms with van der Waals surface area (Å²) >= 11 is 15.3. The van der Waals surface area contributed by atoms with Gasteiger partial charge in [0.05, 0.1) is 18.5 Å². The summed E-state index contributed by atoms with van der Waals surface area (Å²) in [4.78, 5) is 12.7. The molecule has 0 bridgehead atoms. The first-order valence-corrected chi connectivity index (χ1v) is 12.4. The third-order valence-corrected chi connectivity index (χ3v) is 7.24. The number of rotatable bonds is 7. The van der Waals surface area contributed by atoms with Crippen molar-refractivity contribution in [3.05, 3.63) is 80.5 Å². The molecule has 3 aromatic rings. The second-order valence-electron chi connectivity index (χ2n) is 6.97. The topological polar surface area (TPSA) is 75.7 Å². The molecule has 0 spiro atoms. The van der Waals surface area contributed by atoms with E-state index in [1.54, 1.807) is 19.1 Å². The van der Waals surface area contributed by atoms with Gasteiger partial charge in [-0.05, 0) is 61.0 Å². The maximum absolute atomic E-state index is 14.2. The lowest BCUT2D eigenvalue weighted by molar-refractivity contribution is -0.114. The maximum Gasteiger partial charge on any atom is 0.268 e. The molecule has 0 aliphatic heterocycles. The predicted molar refractivity (Wildman–Crippen MR) is 131 cm³/mol. The number of nitrogens with one attached hydrogen (secondary N) is 1. The predicted octanol–water partition coefficient (Wildman–Crippen LogP) is 6.05. The monoisotopic (exact) mass is 574 g/mol. The molecular formula is C22H18BrCl2FN2O4S. The van der Waals surface area contributed by atoms with Gasteiger partial charge in [0.2, 0.25) is 5.91 Å². The lowest BCUT2D eigenvalue weighted by Crippen LogP contribution is -2.38. The minimum atomic E-state index is -4.33. The van der Waals surface area contributed by atoms with Gasteiger partial charge in [0.15, 0.2) is 0 Å². The van der Waals surface area contributed by atoms with Crippen molar-refractivity contribution < 1.29 is 22.3 Å². The van der Waals surface area contributed by atoms with Crippen LogP contribution >= 0.6 is 39.1 Å². The standard InChI is InChI=1S/C22H18BrCl2FN2O4S/c1-13-3-6-20(32-2)21(7-13)33(30,31)28(17-10-15(24)9-16(25)11-17)12-22(29)27-19-5-4-14(23)8-18(19)26/h3-11H,12H2,1-2H3,(H,27,29). The molecule has 1 amide bonds. The highest BCUT2D eigenvalue weighted by molar-refractivity contribution is 9.10. The van der Waals surface area contributed by atoms with Gasteiger partial charge in [0, 0.05) is 14.5 Å². The van der Waals surface area contributed by atoms with Gasteiger partial charge < -0.3 is 10.1 Å². The van der Waals surface area contributed by atoms with Crippen LogP contribution in [0.25, 0.3) is 0 Å². The van der Waals surface area contributed by atoms with Crippen molar-refractivity contribution >= 4 is 66.4 Å². The van der Waals surface area contributed by atoms with Gasteiger partial charge in [0.25, 0.3) is 10.0 Å². The highest BCUT2D eigenvalue weighted by Crippen LogP contribution is 2.33. The van der Waals surface area contributed by atoms with E-state index in [1.165, 1.54) is 49.6 Å². The number of halogens is 4. The SMILES string of the molecule is COc1ccc(C)cc1S(=O)(=O)N(CC(=O)Nc1ccc(Br)cc1F)c1cc(Cl)cc(Cl)c1. The van der Waals surface area contributed by atoms with Crippen LogP contribution in [0.15, 0.2) is 64.0 Å². The molecule has 33 heavy (non-hydrogen) atoms. The maximum atomic E-state index is 14.2. The van der Waals surface area contributed by atoms with E-state index in [2.05, 4.69) is 21.2 Å². The first kappa shape index (κ1) is 25.3. The summed E-state index contributed by atoms with van der Waals surface area (Å²) in [5.74, 6) is -1.36. The third kappa shape index (κ3) is 5.97. The first-order valence-electron chi connectivity index (χ1n) is 9.39. The number of sulfonamides is 1. The van der Waals surface area contributed by atoms with Crippen LogP contribution in [0.5, 0.6) is 5.75 Å². The van der Waals surface area contributed by atoms with Crippen molar-refractivity contribution in [3.63, 3.8) is 0 Å². The number of benzene rings is 3. The fourth-order valence-corrected chi connectivity index (χ4v) is 5.51. The van der Waals surface area contributed by atoms with Crippen molar-refractivity contribution in [2.24, 2.45) is 0 Å². The first-order chi connectivity index (χ1) is 15.5. The van der Waals surface area contributed by atoms with Gasteiger partial charge in [-0.2, -0.15) is 0 Å². The largest absolute Gasteiger partial charge is 0.495 e. The van der Waals surface area contributed by atoms with Crippen molar-refractivity contribution in [1.82, 2.24) is 0 Å². The molecule has 0 aliphatic rings. The molecule has 0 radical (unpaired) electrons. The number of nitrogens with zero attached hydrogens (tertiary/aromatic N) is 1. The Kier molecular flexibility index (Phi) is 7.89. The zero-order valence-electron chi connectivity index (χ0n) is 17.4. The molecule has 3 rings (SSSR count). The van der Waals surface area contributed by atoms with Gasteiger partial charge in [-0.3, -0.25) is 9.10 Å². The summed E-state index contributed by atoms with van der Waals surface area (Å²) in [6.07, 6.45) is 0. The Morgan fingerprint density at radius 3 is 2.36 bits per heavy atom. The van der Waals surface area contributed by atoms with Crippen molar-refractivity contribution in [2.45, 2.75) is 11.8 Å². The molecule has 0 aliphatic carbocycles. The van der Waals surface area contributed by atoms with E-state index in [1.807, 2.05) is 0 Å². The summed E-state index contributed by atoms with van der Waals surface area (Å²) in [5.41, 5.74) is 0.625. The van der Waals surface area contributed by atoms with Crippen LogP contribution < -0.4 is 14.4 Å². The van der Waals surface area contributed by atoms with Crippen molar-refractivity contribution in [2.75, 3.05) is 23.3 Å². The summed E-state index contributed by atoms with van der Waals surface area (Å²) in [7, 11) is -2.99. The van der Waals surface area contributed by atoms with Gasteiger partial charge in [0.1, 0.15) is 23.0 Å². The summed E-state index contributed by atoms with van der Waals surface area (Å²) in [5, 5.41) is 2.74. The lowest BCUT2D eigenvalue weighted by Gasteiger charge is -2.25. The number of hydrogen-bond donors (Lipinski definition) is 1. The Balaban J connectivity index is 2.07. The van der Waals surface area contributed by atoms with Gasteiger partial charge in [-0.1, -0.05) is 45.2 Å². The van der Waals surface area contributed by atoms with E-state index in [0.29, 0.717) is 10.0 Å². The molecule has 1 N–H and O–H groups in total. The molecule has 174 valence electrons. The smallest absolute Gasteiger partial charge is 0.268 e. The molecule has 3 aromatic carbocycles. The van der Waals surface area contributed by atoms with Crippen molar-refractivity contribution in [3.8, 4) is 5.75 Å². The minimum absolute atomic E-state index is 0.0579. The molecule has 0 atom stereocenters. The van der Waals surface area contributed by atoms with E-state index in [-0.39, 0.29) is 32.1 Å². The van der Waals surface area contributed by atoms with E-state index in [0.717, 1.165) is 4.31 Å². The molecule has 0 aromatic heterocycles. The van der Waals surface area contributed by atoms with E-state index in [9.17, 15) is 17.6 Å². The zero-order chi connectivity index (χ0) is 24.3. The highest BCUT2D eigenvalue weighted by atomic mass is 79.9. The molecule has 0 saturated carbocycles. The second kappa shape index (κ2) is 10.3. The van der Waals surface area contributed by atoms with Crippen LogP contribution in [-0.2, 0) is 14.8 Å². The van der Waals surface area contributed by atoms with E-state index < -0.39 is 28.3 Å². The van der Waals surface area contributed by atoms with Crippen LogP contribution in [0.2, 0.25) is 10.0 Å². The summed E-state index contributed by atoms with van der Waals surface area (Å²) < 4.78 is 48.1. The number of ether oxygens (including phenoxy) is 1. The number of anilines is 2. The Morgan fingerprint density at radius 2 is 1.76 bits per heavy atom. The Morgan fingerprint density at radius 1 is 1.09 bits per heavy atom. The van der Waals surface area contributed by atoms with E-state index in [4.69, 9.17) is 27.9 Å². The summed E-state index contributed by atoms with van der Waals surface area (Å²) in [6, 6.07) is 12.9. The number of methoxy groups -OCH3 is 1. The average Bonchev–Trinajstić information content (AvgIpc) is 2.73. The molecule has 0 saturated heterocycles. The average molecular weight is 576 g/mol. The van der Waals surface area contributed by atoms with Crippen LogP contribution in [0.1, 0.15) is 5.56 Å². The van der Waals surface area contributed by atoms with Crippen molar-refractivity contribution in [1.29, 1.82) is 0 Å². The number of carbonyl (C=O) groups is 1. The minimum Gasteiger partial charge on any atom is -0.495 e. The summed E-state index contributed by atoms with van der Waals surface area (Å²) in [6.45, 7) is 1.05. The third-order valence-electron chi connectivity index (χ3n) is 4.51. The Hall–Kier alpha value is -2.33. The number of amides is 1. The fourth-order valence-electron chi connectivity index (χ4n) is 3.01. The molecule has 0 heterocycles. The molecule has 11 heteroatoms. The highest BCUT2D eigenvalue weighted by Gasteiger charge is 2.31. The number of aryl methyl sites for hydroxylation is 1. The molecule has 6 nitrogen and oxygen atoms in total. The lowest BCUT2D eigenvalue weighted by atomic mass is 10.2. The van der Waals surface area contributed by atoms with Crippen LogP contribution in [0.3, 0.4) is 0 Å². The Bertz CT molecular complexity index is 1300. The van der Waals surface area contributed by atoms with Crippen LogP contribution in [0.4, 0.5) is 15.8 Å². The molecule has 0 fully saturated rings. The molecule has 0 unspecified atom stereocenters. The second-order valence-corrected chi connectivity index (χ2v) is 10.6. The zero-order valence-corrected chi connectivity index (χ0v) is 21.3. The van der Waals surface area contributed by atoms with Crippen LogP contribution in [-0.4, -0.2) is 28.0 Å². The van der Waals surface area contributed by atoms with Gasteiger partial charge >= 0.3 is 0 Å². The quantitative estimate of drug-likeness (QED) is 0.372. The molecular weight excluding hydrogens is 558 g/mol. The van der Waals surface area contributed by atoms with Crippen LogP contribution in [0, 0.1) is 12.7 Å². The fraction of sp³-hybridized carbons (Fsp3) is 0.136.